The van der Waals surface area contributed by atoms with Gasteiger partial charge in [0.05, 0.1) is 11.9 Å². The minimum atomic E-state index is 0.990. The Kier molecular flexibility index (Phi) is 2.73. The fraction of sp³-hybridized carbons (Fsp3) is 0.154. The lowest BCUT2D eigenvalue weighted by atomic mass is 10.2. The molecule has 3 rings (SSSR count). The van der Waals surface area contributed by atoms with Gasteiger partial charge in [-0.05, 0) is 42.3 Å². The maximum absolute atomic E-state index is 4.39. The lowest BCUT2D eigenvalue weighted by Gasteiger charge is -2.07. The van der Waals surface area contributed by atoms with E-state index in [9.17, 15) is 0 Å². The van der Waals surface area contributed by atoms with Crippen LogP contribution in [0, 0.1) is 0 Å². The Morgan fingerprint density at radius 2 is 2.00 bits per heavy atom. The smallest absolute Gasteiger partial charge is 0.129 e. The number of nitrogens with one attached hydrogen (secondary N) is 2. The molecule has 0 spiro atoms. The average molecular weight is 290 g/mol. The molecular weight excluding hydrogens is 278 g/mol. The number of pyridine rings is 1. The number of fused-ring (bicyclic) bond motifs is 1. The van der Waals surface area contributed by atoms with Crippen molar-refractivity contribution in [2.45, 2.75) is 6.42 Å². The number of hydrogen-bond acceptors (Lipinski definition) is 3. The van der Waals surface area contributed by atoms with Crippen LogP contribution < -0.4 is 10.6 Å². The minimum Gasteiger partial charge on any atom is -0.370 e. The van der Waals surface area contributed by atoms with E-state index >= 15 is 0 Å². The molecule has 0 unspecified atom stereocenters. The first-order chi connectivity index (χ1) is 8.31. The van der Waals surface area contributed by atoms with Gasteiger partial charge in [0.25, 0.3) is 0 Å². The normalized spacial score (nSPS) is 13.0. The monoisotopic (exact) mass is 289 g/mol. The van der Waals surface area contributed by atoms with E-state index in [4.69, 9.17) is 0 Å². The molecule has 1 aliphatic heterocycles. The summed E-state index contributed by atoms with van der Waals surface area (Å²) in [6, 6.07) is 10.3. The third kappa shape index (κ3) is 2.26. The van der Waals surface area contributed by atoms with Crippen LogP contribution in [-0.4, -0.2) is 11.5 Å². The highest BCUT2D eigenvalue weighted by Crippen LogP contribution is 2.25. The maximum Gasteiger partial charge on any atom is 0.129 e. The van der Waals surface area contributed by atoms with E-state index in [1.807, 2.05) is 30.5 Å². The summed E-state index contributed by atoms with van der Waals surface area (Å²) in [6.07, 6.45) is 2.91. The number of aromatic nitrogens is 1. The Balaban J connectivity index is 1.83. The SMILES string of the molecule is Brc1ccc(Nc2cnc3c(c2)CCN3)cc1. The number of nitrogens with zero attached hydrogens (tertiary/aromatic N) is 1. The molecular formula is C13H12BrN3. The fourth-order valence-electron chi connectivity index (χ4n) is 1.94. The van der Waals surface area contributed by atoms with Crippen molar-refractivity contribution in [3.63, 3.8) is 0 Å². The summed E-state index contributed by atoms with van der Waals surface area (Å²) in [4.78, 5) is 4.39. The van der Waals surface area contributed by atoms with Gasteiger partial charge in [0.1, 0.15) is 5.82 Å². The summed E-state index contributed by atoms with van der Waals surface area (Å²) in [5, 5.41) is 6.60. The molecule has 0 amide bonds. The molecule has 0 fully saturated rings. The van der Waals surface area contributed by atoms with Gasteiger partial charge in [-0.1, -0.05) is 15.9 Å². The van der Waals surface area contributed by atoms with E-state index in [0.29, 0.717) is 0 Å². The second-order valence-corrected chi connectivity index (χ2v) is 4.96. The van der Waals surface area contributed by atoms with Crippen molar-refractivity contribution < 1.29 is 0 Å². The Labute approximate surface area is 108 Å². The molecule has 86 valence electrons. The van der Waals surface area contributed by atoms with Crippen molar-refractivity contribution in [3.8, 4) is 0 Å². The molecule has 2 N–H and O–H groups in total. The van der Waals surface area contributed by atoms with Gasteiger partial charge in [-0.15, -0.1) is 0 Å². The fourth-order valence-corrected chi connectivity index (χ4v) is 2.21. The van der Waals surface area contributed by atoms with Crippen molar-refractivity contribution in [2.24, 2.45) is 0 Å². The van der Waals surface area contributed by atoms with E-state index in [-0.39, 0.29) is 0 Å². The van der Waals surface area contributed by atoms with Crippen LogP contribution in [-0.2, 0) is 6.42 Å². The zero-order chi connectivity index (χ0) is 11.7. The summed E-state index contributed by atoms with van der Waals surface area (Å²) in [7, 11) is 0. The van der Waals surface area contributed by atoms with Crippen molar-refractivity contribution in [1.29, 1.82) is 0 Å². The van der Waals surface area contributed by atoms with E-state index in [0.717, 1.165) is 34.6 Å². The summed E-state index contributed by atoms with van der Waals surface area (Å²) in [5.74, 6) is 1.02. The molecule has 17 heavy (non-hydrogen) atoms. The van der Waals surface area contributed by atoms with Crippen LogP contribution in [0.2, 0.25) is 0 Å². The van der Waals surface area contributed by atoms with Gasteiger partial charge < -0.3 is 10.6 Å². The summed E-state index contributed by atoms with van der Waals surface area (Å²) in [6.45, 7) is 0.990. The van der Waals surface area contributed by atoms with Gasteiger partial charge in [-0.2, -0.15) is 0 Å². The maximum atomic E-state index is 4.39. The highest BCUT2D eigenvalue weighted by molar-refractivity contribution is 9.10. The molecule has 2 aromatic rings. The van der Waals surface area contributed by atoms with Gasteiger partial charge in [0, 0.05) is 16.7 Å². The number of benzene rings is 1. The largest absolute Gasteiger partial charge is 0.370 e. The van der Waals surface area contributed by atoms with Gasteiger partial charge in [-0.25, -0.2) is 4.98 Å². The molecule has 0 saturated carbocycles. The highest BCUT2D eigenvalue weighted by Gasteiger charge is 2.11. The van der Waals surface area contributed by atoms with Crippen LogP contribution in [0.25, 0.3) is 0 Å². The molecule has 3 nitrogen and oxygen atoms in total. The molecule has 0 aliphatic carbocycles. The molecule has 0 atom stereocenters. The van der Waals surface area contributed by atoms with Crippen molar-refractivity contribution >= 4 is 33.1 Å². The number of halogens is 1. The number of hydrogen-bond donors (Lipinski definition) is 2. The van der Waals surface area contributed by atoms with Crippen LogP contribution in [0.1, 0.15) is 5.56 Å². The Bertz CT molecular complexity index is 537. The molecule has 0 saturated heterocycles. The quantitative estimate of drug-likeness (QED) is 0.888. The summed E-state index contributed by atoms with van der Waals surface area (Å²) >= 11 is 3.42. The molecule has 1 aliphatic rings. The number of rotatable bonds is 2. The molecule has 0 bridgehead atoms. The molecule has 1 aromatic heterocycles. The third-order valence-electron chi connectivity index (χ3n) is 2.79. The lowest BCUT2D eigenvalue weighted by Crippen LogP contribution is -1.94. The molecule has 1 aromatic carbocycles. The summed E-state index contributed by atoms with van der Waals surface area (Å²) < 4.78 is 1.08. The third-order valence-corrected chi connectivity index (χ3v) is 3.31. The van der Waals surface area contributed by atoms with E-state index < -0.39 is 0 Å². The van der Waals surface area contributed by atoms with Crippen LogP contribution in [0.15, 0.2) is 41.0 Å². The van der Waals surface area contributed by atoms with Crippen molar-refractivity contribution in [1.82, 2.24) is 4.98 Å². The van der Waals surface area contributed by atoms with Gasteiger partial charge in [-0.3, -0.25) is 0 Å². The van der Waals surface area contributed by atoms with Crippen LogP contribution in [0.3, 0.4) is 0 Å². The van der Waals surface area contributed by atoms with Crippen LogP contribution >= 0.6 is 15.9 Å². The van der Waals surface area contributed by atoms with E-state index in [2.05, 4.69) is 37.6 Å². The summed E-state index contributed by atoms with van der Waals surface area (Å²) in [5.41, 5.74) is 3.39. The van der Waals surface area contributed by atoms with E-state index in [1.54, 1.807) is 0 Å². The van der Waals surface area contributed by atoms with Crippen LogP contribution in [0.5, 0.6) is 0 Å². The standard InChI is InChI=1S/C13H12BrN3/c14-10-1-3-11(4-2-10)17-12-7-9-5-6-15-13(9)16-8-12/h1-4,7-8,17H,5-6H2,(H,15,16). The van der Waals surface area contributed by atoms with Gasteiger partial charge in [0.15, 0.2) is 0 Å². The second kappa shape index (κ2) is 4.37. The zero-order valence-corrected chi connectivity index (χ0v) is 10.8. The number of anilines is 3. The first-order valence-corrected chi connectivity index (χ1v) is 6.36. The zero-order valence-electron chi connectivity index (χ0n) is 9.20. The lowest BCUT2D eigenvalue weighted by molar-refractivity contribution is 1.11. The van der Waals surface area contributed by atoms with E-state index in [1.165, 1.54) is 5.56 Å². The minimum absolute atomic E-state index is 0.990. The van der Waals surface area contributed by atoms with Crippen molar-refractivity contribution in [2.75, 3.05) is 17.2 Å². The molecule has 2 heterocycles. The second-order valence-electron chi connectivity index (χ2n) is 4.04. The van der Waals surface area contributed by atoms with Gasteiger partial charge >= 0.3 is 0 Å². The highest BCUT2D eigenvalue weighted by atomic mass is 79.9. The predicted molar refractivity (Wildman–Crippen MR) is 73.9 cm³/mol. The first-order valence-electron chi connectivity index (χ1n) is 5.57. The Hall–Kier alpha value is -1.55. The van der Waals surface area contributed by atoms with Crippen LogP contribution in [0.4, 0.5) is 17.2 Å². The molecule has 4 heteroatoms. The van der Waals surface area contributed by atoms with Gasteiger partial charge in [0.2, 0.25) is 0 Å². The topological polar surface area (TPSA) is 37.0 Å². The Morgan fingerprint density at radius 3 is 2.82 bits per heavy atom. The van der Waals surface area contributed by atoms with Crippen molar-refractivity contribution in [3.05, 3.63) is 46.6 Å². The average Bonchev–Trinajstić information content (AvgIpc) is 2.79. The predicted octanol–water partition coefficient (Wildman–Crippen LogP) is 3.56. The Morgan fingerprint density at radius 1 is 1.18 bits per heavy atom. The molecule has 0 radical (unpaired) electrons. The first kappa shape index (κ1) is 10.6.